The van der Waals surface area contributed by atoms with E-state index in [1.165, 1.54) is 51.6 Å². The van der Waals surface area contributed by atoms with Gasteiger partial charge in [-0.25, -0.2) is 0 Å². The number of nitrogens with zero attached hydrogens (tertiary/aromatic N) is 1. The molecule has 0 aromatic carbocycles. The van der Waals surface area contributed by atoms with E-state index in [0.717, 1.165) is 13.0 Å². The quantitative estimate of drug-likeness (QED) is 0.742. The van der Waals surface area contributed by atoms with Crippen LogP contribution in [0.5, 0.6) is 0 Å². The van der Waals surface area contributed by atoms with E-state index in [4.69, 9.17) is 0 Å². The highest BCUT2D eigenvalue weighted by molar-refractivity contribution is 5.72. The summed E-state index contributed by atoms with van der Waals surface area (Å²) in [6.45, 7) is 7.20. The van der Waals surface area contributed by atoms with E-state index in [-0.39, 0.29) is 5.91 Å². The molecule has 1 saturated heterocycles. The molecule has 3 heteroatoms. The Kier molecular flexibility index (Phi) is 7.25. The van der Waals surface area contributed by atoms with Crippen molar-refractivity contribution in [1.82, 2.24) is 10.2 Å². The predicted octanol–water partition coefficient (Wildman–Crippen LogP) is 2.56. The minimum Gasteiger partial charge on any atom is -0.356 e. The van der Waals surface area contributed by atoms with Crippen LogP contribution >= 0.6 is 0 Å². The summed E-state index contributed by atoms with van der Waals surface area (Å²) in [7, 11) is 0. The van der Waals surface area contributed by atoms with Crippen molar-refractivity contribution in [3.63, 3.8) is 0 Å². The molecule has 0 aliphatic carbocycles. The Labute approximate surface area is 106 Å². The van der Waals surface area contributed by atoms with Gasteiger partial charge in [0.05, 0.1) is 0 Å². The highest BCUT2D eigenvalue weighted by atomic mass is 16.1. The molecular formula is C14H28N2O. The third kappa shape index (κ3) is 6.06. The molecule has 1 rings (SSSR count). The molecule has 1 amide bonds. The van der Waals surface area contributed by atoms with Crippen molar-refractivity contribution in [3.05, 3.63) is 0 Å². The maximum Gasteiger partial charge on any atom is 0.216 e. The van der Waals surface area contributed by atoms with E-state index in [9.17, 15) is 4.79 Å². The van der Waals surface area contributed by atoms with E-state index in [1.807, 2.05) is 0 Å². The molecule has 1 unspecified atom stereocenters. The number of carbonyl (C=O) groups is 1. The smallest absolute Gasteiger partial charge is 0.216 e. The zero-order valence-corrected chi connectivity index (χ0v) is 11.5. The lowest BCUT2D eigenvalue weighted by atomic mass is 10.0. The summed E-state index contributed by atoms with van der Waals surface area (Å²) >= 11 is 0. The van der Waals surface area contributed by atoms with Gasteiger partial charge in [0, 0.05) is 19.5 Å². The van der Waals surface area contributed by atoms with E-state index < -0.39 is 0 Å². The normalized spacial score (nSPS) is 18.9. The Bertz CT molecular complexity index is 212. The monoisotopic (exact) mass is 240 g/mol. The number of carbonyl (C=O) groups excluding carboxylic acids is 1. The molecule has 1 aliphatic rings. The van der Waals surface area contributed by atoms with Gasteiger partial charge in [-0.2, -0.15) is 0 Å². The molecule has 1 heterocycles. The summed E-state index contributed by atoms with van der Waals surface area (Å²) in [5.41, 5.74) is 0. The fourth-order valence-corrected chi connectivity index (χ4v) is 2.65. The van der Waals surface area contributed by atoms with Crippen LogP contribution in [0.15, 0.2) is 0 Å². The van der Waals surface area contributed by atoms with Crippen LogP contribution in [0.1, 0.15) is 58.8 Å². The average molecular weight is 240 g/mol. The van der Waals surface area contributed by atoms with Gasteiger partial charge in [0.25, 0.3) is 0 Å². The summed E-state index contributed by atoms with van der Waals surface area (Å²) in [5, 5.41) is 2.93. The lowest BCUT2D eigenvalue weighted by molar-refractivity contribution is -0.119. The first-order chi connectivity index (χ1) is 8.24. The van der Waals surface area contributed by atoms with Crippen molar-refractivity contribution < 1.29 is 4.79 Å². The molecule has 0 saturated carbocycles. The second kappa shape index (κ2) is 8.51. The van der Waals surface area contributed by atoms with Crippen molar-refractivity contribution in [2.75, 3.05) is 19.6 Å². The fourth-order valence-electron chi connectivity index (χ4n) is 2.65. The van der Waals surface area contributed by atoms with Crippen LogP contribution < -0.4 is 5.32 Å². The Hall–Kier alpha value is -0.570. The largest absolute Gasteiger partial charge is 0.356 e. The van der Waals surface area contributed by atoms with Gasteiger partial charge in [-0.1, -0.05) is 26.2 Å². The molecule has 1 N–H and O–H groups in total. The Balaban J connectivity index is 2.32. The average Bonchev–Trinajstić information content (AvgIpc) is 2.34. The van der Waals surface area contributed by atoms with Crippen LogP contribution in [-0.4, -0.2) is 36.5 Å². The lowest BCUT2D eigenvalue weighted by Crippen LogP contribution is -2.41. The van der Waals surface area contributed by atoms with Crippen LogP contribution in [0.2, 0.25) is 0 Å². The van der Waals surface area contributed by atoms with Gasteiger partial charge in [-0.15, -0.1) is 0 Å². The van der Waals surface area contributed by atoms with Crippen LogP contribution in [0.3, 0.4) is 0 Å². The van der Waals surface area contributed by atoms with Crippen LogP contribution in [0, 0.1) is 0 Å². The van der Waals surface area contributed by atoms with E-state index in [1.54, 1.807) is 6.92 Å². The van der Waals surface area contributed by atoms with Gasteiger partial charge >= 0.3 is 0 Å². The van der Waals surface area contributed by atoms with Gasteiger partial charge in [0.1, 0.15) is 0 Å². The van der Waals surface area contributed by atoms with Gasteiger partial charge in [-0.05, 0) is 38.8 Å². The molecule has 1 aliphatic heterocycles. The summed E-state index contributed by atoms with van der Waals surface area (Å²) in [6.07, 6.45) is 9.07. The topological polar surface area (TPSA) is 32.3 Å². The van der Waals surface area contributed by atoms with Crippen molar-refractivity contribution >= 4 is 5.91 Å². The number of piperidine rings is 1. The maximum atomic E-state index is 10.9. The Morgan fingerprint density at radius 1 is 1.24 bits per heavy atom. The first kappa shape index (κ1) is 14.5. The molecule has 3 nitrogen and oxygen atoms in total. The van der Waals surface area contributed by atoms with Crippen LogP contribution in [-0.2, 0) is 4.79 Å². The molecular weight excluding hydrogens is 212 g/mol. The molecule has 0 radical (unpaired) electrons. The predicted molar refractivity (Wildman–Crippen MR) is 72.0 cm³/mol. The summed E-state index contributed by atoms with van der Waals surface area (Å²) in [5.74, 6) is 0.0953. The number of rotatable bonds is 7. The second-order valence-electron chi connectivity index (χ2n) is 5.16. The highest BCUT2D eigenvalue weighted by Crippen LogP contribution is 2.18. The van der Waals surface area contributed by atoms with Gasteiger partial charge in [0.15, 0.2) is 0 Å². The number of hydrogen-bond donors (Lipinski definition) is 1. The molecule has 100 valence electrons. The maximum absolute atomic E-state index is 10.9. The molecule has 0 aromatic heterocycles. The number of nitrogens with one attached hydrogen (secondary N) is 1. The molecule has 17 heavy (non-hydrogen) atoms. The van der Waals surface area contributed by atoms with E-state index in [2.05, 4.69) is 17.1 Å². The zero-order chi connectivity index (χ0) is 12.5. The molecule has 1 fully saturated rings. The fraction of sp³-hybridized carbons (Fsp3) is 0.929. The SMILES string of the molecule is CCCCC(CCNC(C)=O)N1CCCCC1. The van der Waals surface area contributed by atoms with Crippen LogP contribution in [0.4, 0.5) is 0 Å². The standard InChI is InChI=1S/C14H28N2O/c1-3-4-8-14(9-10-15-13(2)17)16-11-6-5-7-12-16/h14H,3-12H2,1-2H3,(H,15,17). The number of hydrogen-bond acceptors (Lipinski definition) is 2. The minimum absolute atomic E-state index is 0.0953. The first-order valence-corrected chi connectivity index (χ1v) is 7.22. The summed E-state index contributed by atoms with van der Waals surface area (Å²) in [6, 6.07) is 0.682. The van der Waals surface area contributed by atoms with Crippen LogP contribution in [0.25, 0.3) is 0 Å². The highest BCUT2D eigenvalue weighted by Gasteiger charge is 2.19. The third-order valence-electron chi connectivity index (χ3n) is 3.65. The minimum atomic E-state index is 0.0953. The van der Waals surface area contributed by atoms with Gasteiger partial charge in [-0.3, -0.25) is 4.79 Å². The van der Waals surface area contributed by atoms with Gasteiger partial charge < -0.3 is 10.2 Å². The summed E-state index contributed by atoms with van der Waals surface area (Å²) < 4.78 is 0. The van der Waals surface area contributed by atoms with Crippen molar-refractivity contribution in [1.29, 1.82) is 0 Å². The zero-order valence-electron chi connectivity index (χ0n) is 11.5. The van der Waals surface area contributed by atoms with E-state index in [0.29, 0.717) is 6.04 Å². The molecule has 1 atom stereocenters. The van der Waals surface area contributed by atoms with Crippen molar-refractivity contribution in [3.8, 4) is 0 Å². The van der Waals surface area contributed by atoms with Gasteiger partial charge in [0.2, 0.25) is 5.91 Å². The lowest BCUT2D eigenvalue weighted by Gasteiger charge is -2.34. The Morgan fingerprint density at radius 3 is 2.53 bits per heavy atom. The van der Waals surface area contributed by atoms with Crippen molar-refractivity contribution in [2.45, 2.75) is 64.8 Å². The molecule has 0 spiro atoms. The molecule has 0 aromatic rings. The van der Waals surface area contributed by atoms with Crippen molar-refractivity contribution in [2.24, 2.45) is 0 Å². The number of unbranched alkanes of at least 4 members (excludes halogenated alkanes) is 1. The number of likely N-dealkylation sites (tertiary alicyclic amines) is 1. The summed E-state index contributed by atoms with van der Waals surface area (Å²) in [4.78, 5) is 13.5. The molecule has 0 bridgehead atoms. The number of amides is 1. The third-order valence-corrected chi connectivity index (χ3v) is 3.65. The van der Waals surface area contributed by atoms with E-state index >= 15 is 0 Å². The Morgan fingerprint density at radius 2 is 1.94 bits per heavy atom. The second-order valence-corrected chi connectivity index (χ2v) is 5.16. The first-order valence-electron chi connectivity index (χ1n) is 7.22.